The van der Waals surface area contributed by atoms with Gasteiger partial charge in [0.1, 0.15) is 5.82 Å². The third-order valence-electron chi connectivity index (χ3n) is 7.11. The molecule has 2 aliphatic rings. The molecule has 0 amide bonds. The molecule has 184 valence electrons. The van der Waals surface area contributed by atoms with Crippen molar-refractivity contribution in [3.63, 3.8) is 0 Å². The zero-order valence-corrected chi connectivity index (χ0v) is 19.5. The summed E-state index contributed by atoms with van der Waals surface area (Å²) in [5, 5.41) is 0. The van der Waals surface area contributed by atoms with Gasteiger partial charge < -0.3 is 4.98 Å². The Morgan fingerprint density at radius 1 is 0.943 bits per heavy atom. The Labute approximate surface area is 202 Å². The first-order chi connectivity index (χ1) is 16.8. The molecule has 1 fully saturated rings. The molecule has 0 spiro atoms. The first kappa shape index (κ1) is 23.8. The van der Waals surface area contributed by atoms with E-state index in [0.29, 0.717) is 35.8 Å². The van der Waals surface area contributed by atoms with Gasteiger partial charge in [-0.2, -0.15) is 13.2 Å². The number of H-pyrrole nitrogens is 1. The van der Waals surface area contributed by atoms with Gasteiger partial charge in [-0.15, -0.1) is 0 Å². The lowest BCUT2D eigenvalue weighted by molar-refractivity contribution is -0.137. The Balaban J connectivity index is 1.21. The third-order valence-corrected chi connectivity index (χ3v) is 7.11. The minimum absolute atomic E-state index is 0.196. The number of fused-ring (bicyclic) bond motifs is 1. The van der Waals surface area contributed by atoms with Crippen molar-refractivity contribution in [2.45, 2.75) is 38.5 Å². The summed E-state index contributed by atoms with van der Waals surface area (Å²) in [6.45, 7) is 5.55. The predicted octanol–water partition coefficient (Wildman–Crippen LogP) is 4.73. The molecule has 0 unspecified atom stereocenters. The lowest BCUT2D eigenvalue weighted by atomic mass is 9.94. The maximum Gasteiger partial charge on any atom is 0.416 e. The van der Waals surface area contributed by atoms with Gasteiger partial charge in [-0.25, -0.2) is 4.98 Å². The van der Waals surface area contributed by atoms with Crippen LogP contribution in [0.2, 0.25) is 0 Å². The Morgan fingerprint density at radius 3 is 2.34 bits per heavy atom. The Hall–Kier alpha value is -2.97. The van der Waals surface area contributed by atoms with E-state index in [2.05, 4.69) is 44.0 Å². The monoisotopic (exact) mass is 482 g/mol. The molecule has 1 saturated heterocycles. The number of benzene rings is 2. The molecule has 0 saturated carbocycles. The second kappa shape index (κ2) is 9.95. The number of halogens is 3. The maximum absolute atomic E-state index is 12.9. The van der Waals surface area contributed by atoms with Gasteiger partial charge in [0.05, 0.1) is 11.3 Å². The molecular weight excluding hydrogens is 453 g/mol. The summed E-state index contributed by atoms with van der Waals surface area (Å²) in [4.78, 5) is 25.0. The summed E-state index contributed by atoms with van der Waals surface area (Å²) in [6, 6.07) is 15.3. The molecule has 2 aliphatic heterocycles. The van der Waals surface area contributed by atoms with Crippen molar-refractivity contribution in [2.24, 2.45) is 5.92 Å². The van der Waals surface area contributed by atoms with Gasteiger partial charge >= 0.3 is 6.18 Å². The number of piperidine rings is 1. The van der Waals surface area contributed by atoms with Crippen LogP contribution in [0.1, 0.15) is 35.2 Å². The molecule has 3 aromatic rings. The van der Waals surface area contributed by atoms with Crippen molar-refractivity contribution in [3.05, 3.63) is 87.3 Å². The highest BCUT2D eigenvalue weighted by Crippen LogP contribution is 2.30. The van der Waals surface area contributed by atoms with Crippen molar-refractivity contribution in [2.75, 3.05) is 26.2 Å². The number of aromatic amines is 1. The average Bonchev–Trinajstić information content (AvgIpc) is 2.85. The molecule has 0 atom stereocenters. The average molecular weight is 483 g/mol. The summed E-state index contributed by atoms with van der Waals surface area (Å²) in [5.74, 6) is 0.929. The van der Waals surface area contributed by atoms with Gasteiger partial charge in [0, 0.05) is 37.3 Å². The van der Waals surface area contributed by atoms with Crippen LogP contribution in [0.15, 0.2) is 59.4 Å². The van der Waals surface area contributed by atoms with Gasteiger partial charge in [-0.1, -0.05) is 42.5 Å². The molecule has 5 nitrogen and oxygen atoms in total. The molecule has 1 aromatic heterocycles. The molecule has 0 aliphatic carbocycles. The van der Waals surface area contributed by atoms with Crippen LogP contribution in [-0.2, 0) is 25.7 Å². The fraction of sp³-hybridized carbons (Fsp3) is 0.407. The summed E-state index contributed by atoms with van der Waals surface area (Å²) in [7, 11) is 0. The number of nitrogens with one attached hydrogen (secondary N) is 1. The number of hydrogen-bond acceptors (Lipinski definition) is 4. The van der Waals surface area contributed by atoms with E-state index in [4.69, 9.17) is 0 Å². The van der Waals surface area contributed by atoms with Crippen molar-refractivity contribution >= 4 is 0 Å². The highest BCUT2D eigenvalue weighted by Gasteiger charge is 2.30. The minimum Gasteiger partial charge on any atom is -0.306 e. The summed E-state index contributed by atoms with van der Waals surface area (Å²) < 4.78 is 38.7. The maximum atomic E-state index is 12.9. The quantitative estimate of drug-likeness (QED) is 0.572. The first-order valence-corrected chi connectivity index (χ1v) is 12.1. The standard InChI is InChI=1S/C27H29F3N4O/c28-27(29,30)22-8-6-21(7-9-22)25-31-24-18-34(15-12-23(24)26(35)32-25)17-20-10-13-33(14-11-20)16-19-4-2-1-3-5-19/h1-9,20H,10-18H2,(H,31,32,35). The van der Waals surface area contributed by atoms with Crippen LogP contribution in [-0.4, -0.2) is 45.9 Å². The highest BCUT2D eigenvalue weighted by molar-refractivity contribution is 5.56. The molecule has 5 rings (SSSR count). The Kier molecular flexibility index (Phi) is 6.75. The van der Waals surface area contributed by atoms with E-state index < -0.39 is 11.7 Å². The fourth-order valence-electron chi connectivity index (χ4n) is 5.14. The van der Waals surface area contributed by atoms with E-state index in [1.807, 2.05) is 6.07 Å². The summed E-state index contributed by atoms with van der Waals surface area (Å²) >= 11 is 0. The molecular formula is C27H29F3N4O. The van der Waals surface area contributed by atoms with Gasteiger partial charge in [-0.05, 0) is 56.0 Å². The van der Waals surface area contributed by atoms with Gasteiger partial charge in [0.2, 0.25) is 0 Å². The predicted molar refractivity (Wildman–Crippen MR) is 129 cm³/mol. The fourth-order valence-corrected chi connectivity index (χ4v) is 5.14. The normalized spacial score (nSPS) is 17.9. The van der Waals surface area contributed by atoms with Crippen molar-refractivity contribution in [1.82, 2.24) is 19.8 Å². The number of alkyl halides is 3. The van der Waals surface area contributed by atoms with E-state index in [1.165, 1.54) is 17.7 Å². The molecule has 0 bridgehead atoms. The number of hydrogen-bond donors (Lipinski definition) is 1. The van der Waals surface area contributed by atoms with Crippen molar-refractivity contribution < 1.29 is 13.2 Å². The van der Waals surface area contributed by atoms with Crippen LogP contribution in [0.3, 0.4) is 0 Å². The van der Waals surface area contributed by atoms with E-state index in [1.54, 1.807) is 0 Å². The molecule has 1 N–H and O–H groups in total. The first-order valence-electron chi connectivity index (χ1n) is 12.1. The lowest BCUT2D eigenvalue weighted by Gasteiger charge is -2.36. The SMILES string of the molecule is O=c1[nH]c(-c2ccc(C(F)(F)F)cc2)nc2c1CCN(CC1CCN(Cc3ccccc3)CC1)C2. The van der Waals surface area contributed by atoms with Crippen LogP contribution in [0.25, 0.3) is 11.4 Å². The number of aromatic nitrogens is 2. The van der Waals surface area contributed by atoms with E-state index in [-0.39, 0.29) is 5.56 Å². The largest absolute Gasteiger partial charge is 0.416 e. The molecule has 3 heterocycles. The van der Waals surface area contributed by atoms with Crippen LogP contribution in [0.5, 0.6) is 0 Å². The van der Waals surface area contributed by atoms with Crippen molar-refractivity contribution in [1.29, 1.82) is 0 Å². The van der Waals surface area contributed by atoms with Crippen LogP contribution in [0, 0.1) is 5.92 Å². The zero-order valence-electron chi connectivity index (χ0n) is 19.5. The van der Waals surface area contributed by atoms with Crippen LogP contribution < -0.4 is 5.56 Å². The van der Waals surface area contributed by atoms with Gasteiger partial charge in [0.25, 0.3) is 5.56 Å². The number of likely N-dealkylation sites (tertiary alicyclic amines) is 1. The van der Waals surface area contributed by atoms with Crippen molar-refractivity contribution in [3.8, 4) is 11.4 Å². The number of rotatable bonds is 5. The van der Waals surface area contributed by atoms with Gasteiger partial charge in [-0.3, -0.25) is 14.6 Å². The van der Waals surface area contributed by atoms with Crippen LogP contribution in [0.4, 0.5) is 13.2 Å². The lowest BCUT2D eigenvalue weighted by Crippen LogP contribution is -2.41. The molecule has 2 aromatic carbocycles. The smallest absolute Gasteiger partial charge is 0.306 e. The zero-order chi connectivity index (χ0) is 24.4. The topological polar surface area (TPSA) is 52.2 Å². The van der Waals surface area contributed by atoms with E-state index in [0.717, 1.165) is 63.4 Å². The molecule has 0 radical (unpaired) electrons. The Morgan fingerprint density at radius 2 is 1.66 bits per heavy atom. The highest BCUT2D eigenvalue weighted by atomic mass is 19.4. The van der Waals surface area contributed by atoms with Gasteiger partial charge in [0.15, 0.2) is 0 Å². The van der Waals surface area contributed by atoms with E-state index >= 15 is 0 Å². The number of nitrogens with zero attached hydrogens (tertiary/aromatic N) is 3. The molecule has 35 heavy (non-hydrogen) atoms. The molecule has 8 heteroatoms. The minimum atomic E-state index is -4.40. The summed E-state index contributed by atoms with van der Waals surface area (Å²) in [6.07, 6.45) is -1.46. The third kappa shape index (κ3) is 5.65. The summed E-state index contributed by atoms with van der Waals surface area (Å²) in [5.41, 5.74) is 2.33. The van der Waals surface area contributed by atoms with Crippen LogP contribution >= 0.6 is 0 Å². The van der Waals surface area contributed by atoms with E-state index in [9.17, 15) is 18.0 Å². The second-order valence-electron chi connectivity index (χ2n) is 9.61. The second-order valence-corrected chi connectivity index (χ2v) is 9.61. The Bertz CT molecular complexity index is 1200.